The number of fused-ring (bicyclic) bond motifs is 1. The van der Waals surface area contributed by atoms with E-state index in [2.05, 4.69) is 18.2 Å². The molecule has 2 rings (SSSR count). The molecule has 0 saturated carbocycles. The Hall–Kier alpha value is -0.890. The van der Waals surface area contributed by atoms with Crippen LogP contribution in [-0.4, -0.2) is 19.5 Å². The van der Waals surface area contributed by atoms with Gasteiger partial charge in [-0.15, -0.1) is 0 Å². The average molecular weight is 206 g/mol. The van der Waals surface area contributed by atoms with Gasteiger partial charge < -0.3 is 9.53 Å². The molecule has 1 fully saturated rings. The molecule has 0 amide bonds. The summed E-state index contributed by atoms with van der Waals surface area (Å²) in [5.74, 6) is 1.42. The summed E-state index contributed by atoms with van der Waals surface area (Å²) in [5.41, 5.74) is 0. The number of ether oxygens (including phenoxy) is 1. The van der Waals surface area contributed by atoms with Gasteiger partial charge in [-0.3, -0.25) is 0 Å². The van der Waals surface area contributed by atoms with Crippen molar-refractivity contribution in [3.05, 3.63) is 24.3 Å². The minimum Gasteiger partial charge on any atom is -0.380 e. The van der Waals surface area contributed by atoms with Crippen molar-refractivity contribution in [2.75, 3.05) is 13.2 Å². The first kappa shape index (κ1) is 10.6. The zero-order valence-electron chi connectivity index (χ0n) is 9.13. The summed E-state index contributed by atoms with van der Waals surface area (Å²) >= 11 is 0. The van der Waals surface area contributed by atoms with E-state index in [9.17, 15) is 4.79 Å². The predicted molar refractivity (Wildman–Crippen MR) is 59.4 cm³/mol. The maximum atomic E-state index is 11.2. The molecule has 15 heavy (non-hydrogen) atoms. The lowest BCUT2D eigenvalue weighted by Crippen LogP contribution is -2.31. The minimum absolute atomic E-state index is 0.152. The zero-order chi connectivity index (χ0) is 10.7. The second-order valence-electron chi connectivity index (χ2n) is 4.43. The maximum absolute atomic E-state index is 11.2. The Labute approximate surface area is 91.0 Å². The molecule has 1 aliphatic heterocycles. The Balaban J connectivity index is 2.11. The molecule has 1 heterocycles. The van der Waals surface area contributed by atoms with Crippen LogP contribution in [0.3, 0.4) is 0 Å². The van der Waals surface area contributed by atoms with Crippen LogP contribution in [0.25, 0.3) is 0 Å². The fourth-order valence-corrected chi connectivity index (χ4v) is 2.64. The SMILES string of the molecule is C/C=C/C[C@H]1C=C[C@H]2COC[C@@H]2[C@H]1C=O. The van der Waals surface area contributed by atoms with Crippen molar-refractivity contribution in [3.63, 3.8) is 0 Å². The predicted octanol–water partition coefficient (Wildman–Crippen LogP) is 2.22. The fraction of sp³-hybridized carbons (Fsp3) is 0.615. The first-order valence-electron chi connectivity index (χ1n) is 5.69. The lowest BCUT2D eigenvalue weighted by molar-refractivity contribution is -0.114. The van der Waals surface area contributed by atoms with Crippen molar-refractivity contribution in [2.24, 2.45) is 23.7 Å². The van der Waals surface area contributed by atoms with Gasteiger partial charge in [0.05, 0.1) is 13.2 Å². The highest BCUT2D eigenvalue weighted by Crippen LogP contribution is 2.38. The second kappa shape index (κ2) is 4.75. The van der Waals surface area contributed by atoms with E-state index in [1.165, 1.54) is 0 Å². The normalized spacial score (nSPS) is 39.5. The molecule has 4 atom stereocenters. The van der Waals surface area contributed by atoms with Crippen molar-refractivity contribution in [1.29, 1.82) is 0 Å². The van der Waals surface area contributed by atoms with Crippen LogP contribution in [0.1, 0.15) is 13.3 Å². The number of aldehydes is 1. The highest BCUT2D eigenvalue weighted by atomic mass is 16.5. The molecule has 2 nitrogen and oxygen atoms in total. The van der Waals surface area contributed by atoms with Crippen LogP contribution in [0.4, 0.5) is 0 Å². The van der Waals surface area contributed by atoms with Crippen LogP contribution in [0.5, 0.6) is 0 Å². The average Bonchev–Trinajstić information content (AvgIpc) is 2.73. The number of hydrogen-bond acceptors (Lipinski definition) is 2. The smallest absolute Gasteiger partial charge is 0.124 e. The summed E-state index contributed by atoms with van der Waals surface area (Å²) in [6, 6.07) is 0. The van der Waals surface area contributed by atoms with Gasteiger partial charge in [-0.25, -0.2) is 0 Å². The van der Waals surface area contributed by atoms with E-state index in [1.54, 1.807) is 0 Å². The summed E-state index contributed by atoms with van der Waals surface area (Å²) in [4.78, 5) is 11.2. The zero-order valence-corrected chi connectivity index (χ0v) is 9.13. The van der Waals surface area contributed by atoms with Gasteiger partial charge in [0, 0.05) is 17.8 Å². The molecule has 0 N–H and O–H groups in total. The van der Waals surface area contributed by atoms with E-state index in [4.69, 9.17) is 4.74 Å². The van der Waals surface area contributed by atoms with Crippen molar-refractivity contribution >= 4 is 6.29 Å². The van der Waals surface area contributed by atoms with E-state index in [-0.39, 0.29) is 5.92 Å². The molecule has 0 aromatic rings. The van der Waals surface area contributed by atoms with E-state index < -0.39 is 0 Å². The summed E-state index contributed by atoms with van der Waals surface area (Å²) < 4.78 is 5.45. The third kappa shape index (κ3) is 2.05. The Morgan fingerprint density at radius 1 is 1.40 bits per heavy atom. The number of rotatable bonds is 3. The van der Waals surface area contributed by atoms with Gasteiger partial charge >= 0.3 is 0 Å². The summed E-state index contributed by atoms with van der Waals surface area (Å²) in [7, 11) is 0. The van der Waals surface area contributed by atoms with Crippen molar-refractivity contribution < 1.29 is 9.53 Å². The monoisotopic (exact) mass is 206 g/mol. The van der Waals surface area contributed by atoms with E-state index in [0.29, 0.717) is 17.8 Å². The molecule has 1 saturated heterocycles. The first-order valence-corrected chi connectivity index (χ1v) is 5.69. The quantitative estimate of drug-likeness (QED) is 0.523. The molecule has 2 heteroatoms. The topological polar surface area (TPSA) is 26.3 Å². The largest absolute Gasteiger partial charge is 0.380 e. The van der Waals surface area contributed by atoms with Crippen molar-refractivity contribution in [3.8, 4) is 0 Å². The molecule has 2 aliphatic rings. The van der Waals surface area contributed by atoms with Crippen LogP contribution in [0, 0.1) is 23.7 Å². The molecule has 0 radical (unpaired) electrons. The number of carbonyl (C=O) groups excluding carboxylic acids is 1. The van der Waals surface area contributed by atoms with Crippen LogP contribution in [0.15, 0.2) is 24.3 Å². The summed E-state index contributed by atoms with van der Waals surface area (Å²) in [5, 5.41) is 0. The van der Waals surface area contributed by atoms with E-state index in [0.717, 1.165) is 25.9 Å². The molecule has 1 aliphatic carbocycles. The standard InChI is InChI=1S/C13H18O2/c1-2-3-4-10-5-6-11-8-15-9-13(11)12(10)7-14/h2-3,5-7,10-13H,4,8-9H2,1H3/b3-2+/t10-,11-,12-,13-/m0/s1. The van der Waals surface area contributed by atoms with Crippen LogP contribution in [-0.2, 0) is 9.53 Å². The van der Waals surface area contributed by atoms with Crippen LogP contribution in [0.2, 0.25) is 0 Å². The third-order valence-electron chi connectivity index (χ3n) is 3.57. The molecule has 0 bridgehead atoms. The highest BCUT2D eigenvalue weighted by molar-refractivity contribution is 5.56. The van der Waals surface area contributed by atoms with Crippen LogP contribution >= 0.6 is 0 Å². The lowest BCUT2D eigenvalue weighted by atomic mass is 9.71. The second-order valence-corrected chi connectivity index (χ2v) is 4.43. The highest BCUT2D eigenvalue weighted by Gasteiger charge is 2.39. The lowest BCUT2D eigenvalue weighted by Gasteiger charge is -2.30. The summed E-state index contributed by atoms with van der Waals surface area (Å²) in [6.45, 7) is 3.57. The maximum Gasteiger partial charge on any atom is 0.124 e. The Morgan fingerprint density at radius 2 is 2.27 bits per heavy atom. The van der Waals surface area contributed by atoms with Gasteiger partial charge in [-0.05, 0) is 19.3 Å². The molecular formula is C13H18O2. The van der Waals surface area contributed by atoms with Crippen molar-refractivity contribution in [2.45, 2.75) is 13.3 Å². The first-order chi connectivity index (χ1) is 7.36. The minimum atomic E-state index is 0.152. The van der Waals surface area contributed by atoms with Gasteiger partial charge in [0.2, 0.25) is 0 Å². The molecule has 0 unspecified atom stereocenters. The molecule has 0 spiro atoms. The van der Waals surface area contributed by atoms with Gasteiger partial charge in [0.1, 0.15) is 6.29 Å². The number of carbonyl (C=O) groups is 1. The van der Waals surface area contributed by atoms with E-state index >= 15 is 0 Å². The number of allylic oxidation sites excluding steroid dienone is 3. The Bertz CT molecular complexity index is 280. The third-order valence-corrected chi connectivity index (χ3v) is 3.57. The summed E-state index contributed by atoms with van der Waals surface area (Å²) in [6.07, 6.45) is 10.7. The Kier molecular flexibility index (Phi) is 3.37. The molecule has 0 aromatic heterocycles. The van der Waals surface area contributed by atoms with Gasteiger partial charge in [0.15, 0.2) is 0 Å². The fourth-order valence-electron chi connectivity index (χ4n) is 2.64. The molecule has 0 aromatic carbocycles. The number of hydrogen-bond donors (Lipinski definition) is 0. The molecular weight excluding hydrogens is 188 g/mol. The van der Waals surface area contributed by atoms with Crippen molar-refractivity contribution in [1.82, 2.24) is 0 Å². The molecule has 82 valence electrons. The van der Waals surface area contributed by atoms with Gasteiger partial charge in [-0.2, -0.15) is 0 Å². The van der Waals surface area contributed by atoms with E-state index in [1.807, 2.05) is 13.0 Å². The Morgan fingerprint density at radius 3 is 3.00 bits per heavy atom. The van der Waals surface area contributed by atoms with Gasteiger partial charge in [0.25, 0.3) is 0 Å². The van der Waals surface area contributed by atoms with Gasteiger partial charge in [-0.1, -0.05) is 24.3 Å². The van der Waals surface area contributed by atoms with Crippen LogP contribution < -0.4 is 0 Å².